The molecule has 0 saturated carbocycles. The van der Waals surface area contributed by atoms with E-state index < -0.39 is 5.97 Å². The number of rotatable bonds is 5. The van der Waals surface area contributed by atoms with Crippen molar-refractivity contribution >= 4 is 37.8 Å². The number of unbranched alkanes of at least 4 members (excludes halogenated alkanes) is 1. The molecule has 1 N–H and O–H groups in total. The molecule has 0 fully saturated rings. The van der Waals surface area contributed by atoms with Crippen LogP contribution in [0.5, 0.6) is 0 Å². The molecule has 10 heavy (non-hydrogen) atoms. The molecule has 0 heterocycles. The van der Waals surface area contributed by atoms with Gasteiger partial charge < -0.3 is 5.11 Å². The van der Waals surface area contributed by atoms with Crippen molar-refractivity contribution in [3.05, 3.63) is 0 Å². The zero-order valence-electron chi connectivity index (χ0n) is 5.52. The van der Waals surface area contributed by atoms with E-state index in [2.05, 4.69) is 31.9 Å². The Hall–Kier alpha value is 0.430. The van der Waals surface area contributed by atoms with Crippen molar-refractivity contribution in [1.82, 2.24) is 0 Å². The number of hydrogen-bond acceptors (Lipinski definition) is 1. The van der Waals surface area contributed by atoms with E-state index in [4.69, 9.17) is 5.11 Å². The zero-order chi connectivity index (χ0) is 7.98. The van der Waals surface area contributed by atoms with E-state index in [0.29, 0.717) is 6.42 Å². The van der Waals surface area contributed by atoms with Gasteiger partial charge in [0.05, 0.1) is 0 Å². The molecule has 0 aliphatic rings. The lowest BCUT2D eigenvalue weighted by Crippen LogP contribution is -2.11. The number of halogens is 2. The molecule has 0 aromatic rings. The van der Waals surface area contributed by atoms with Gasteiger partial charge in [-0.05, 0) is 12.8 Å². The van der Waals surface area contributed by atoms with Gasteiger partial charge in [-0.2, -0.15) is 0 Å². The lowest BCUT2D eigenvalue weighted by atomic mass is 10.2. The van der Waals surface area contributed by atoms with Crippen LogP contribution in [0, 0.1) is 0 Å². The number of carboxylic acid groups (broad SMARTS) is 1. The molecule has 0 saturated heterocycles. The van der Waals surface area contributed by atoms with Crippen molar-refractivity contribution in [3.63, 3.8) is 0 Å². The predicted molar refractivity (Wildman–Crippen MR) is 48.0 cm³/mol. The minimum atomic E-state index is -0.769. The fourth-order valence-electron chi connectivity index (χ4n) is 0.542. The molecule has 0 bridgehead atoms. The second kappa shape index (κ2) is 6.16. The van der Waals surface area contributed by atoms with Crippen LogP contribution in [-0.4, -0.2) is 21.2 Å². The molecule has 60 valence electrons. The molecule has 0 unspecified atom stereocenters. The minimum Gasteiger partial charge on any atom is -0.480 e. The fraction of sp³-hybridized carbons (Fsp3) is 0.833. The fourth-order valence-corrected chi connectivity index (χ4v) is 1.26. The first kappa shape index (κ1) is 10.4. The summed E-state index contributed by atoms with van der Waals surface area (Å²) in [5.74, 6) is -0.769. The van der Waals surface area contributed by atoms with Crippen molar-refractivity contribution in [1.29, 1.82) is 0 Å². The second-order valence-corrected chi connectivity index (χ2v) is 3.89. The van der Waals surface area contributed by atoms with Crippen molar-refractivity contribution in [2.45, 2.75) is 24.1 Å². The summed E-state index contributed by atoms with van der Waals surface area (Å²) >= 11 is 6.33. The largest absolute Gasteiger partial charge is 0.480 e. The first-order valence-electron chi connectivity index (χ1n) is 3.11. The smallest absolute Gasteiger partial charge is 0.317 e. The van der Waals surface area contributed by atoms with Gasteiger partial charge in [-0.15, -0.1) is 0 Å². The molecule has 0 spiro atoms. The van der Waals surface area contributed by atoms with Crippen LogP contribution < -0.4 is 0 Å². The molecule has 0 aliphatic carbocycles. The summed E-state index contributed by atoms with van der Waals surface area (Å²) in [6.45, 7) is 0. The highest BCUT2D eigenvalue weighted by Gasteiger charge is 2.10. The Morgan fingerprint density at radius 1 is 1.50 bits per heavy atom. The Balaban J connectivity index is 3.21. The second-order valence-electron chi connectivity index (χ2n) is 1.99. The van der Waals surface area contributed by atoms with Gasteiger partial charge in [0.1, 0.15) is 4.83 Å². The van der Waals surface area contributed by atoms with Crippen molar-refractivity contribution < 1.29 is 9.90 Å². The van der Waals surface area contributed by atoms with Crippen molar-refractivity contribution in [3.8, 4) is 0 Å². The van der Waals surface area contributed by atoms with E-state index >= 15 is 0 Å². The van der Waals surface area contributed by atoms with Crippen molar-refractivity contribution in [2.75, 3.05) is 5.33 Å². The Kier molecular flexibility index (Phi) is 6.43. The van der Waals surface area contributed by atoms with Gasteiger partial charge in [0, 0.05) is 5.33 Å². The van der Waals surface area contributed by atoms with Gasteiger partial charge in [-0.3, -0.25) is 4.79 Å². The molecule has 2 nitrogen and oxygen atoms in total. The summed E-state index contributed by atoms with van der Waals surface area (Å²) in [4.78, 5) is 9.87. The average Bonchev–Trinajstić information content (AvgIpc) is 1.88. The van der Waals surface area contributed by atoms with Crippen LogP contribution >= 0.6 is 31.9 Å². The number of carbonyl (C=O) groups is 1. The van der Waals surface area contributed by atoms with E-state index in [9.17, 15) is 4.79 Å². The van der Waals surface area contributed by atoms with E-state index in [1.807, 2.05) is 0 Å². The Morgan fingerprint density at radius 2 is 2.10 bits per heavy atom. The third-order valence-electron chi connectivity index (χ3n) is 1.11. The molecule has 0 aliphatic heterocycles. The highest BCUT2D eigenvalue weighted by Crippen LogP contribution is 2.10. The Bertz CT molecular complexity index is 106. The van der Waals surface area contributed by atoms with Gasteiger partial charge in [0.2, 0.25) is 0 Å². The summed E-state index contributed by atoms with van der Waals surface area (Å²) in [6, 6.07) is 0. The summed E-state index contributed by atoms with van der Waals surface area (Å²) in [5, 5.41) is 9.37. The Labute approximate surface area is 77.3 Å². The molecule has 4 heteroatoms. The molecular weight excluding hydrogens is 264 g/mol. The van der Waals surface area contributed by atoms with Gasteiger partial charge in [-0.25, -0.2) is 0 Å². The van der Waals surface area contributed by atoms with Crippen LogP contribution in [0.2, 0.25) is 0 Å². The van der Waals surface area contributed by atoms with Crippen LogP contribution in [0.4, 0.5) is 0 Å². The third kappa shape index (κ3) is 5.23. The summed E-state index contributed by atoms with van der Waals surface area (Å²) in [5.41, 5.74) is 0. The summed E-state index contributed by atoms with van der Waals surface area (Å²) in [6.07, 6.45) is 2.70. The zero-order valence-corrected chi connectivity index (χ0v) is 8.69. The summed E-state index contributed by atoms with van der Waals surface area (Å²) < 4.78 is 0. The predicted octanol–water partition coefficient (Wildman–Crippen LogP) is 2.40. The Morgan fingerprint density at radius 3 is 2.50 bits per heavy atom. The highest BCUT2D eigenvalue weighted by molar-refractivity contribution is 9.10. The number of hydrogen-bond donors (Lipinski definition) is 1. The topological polar surface area (TPSA) is 37.3 Å². The van der Waals surface area contributed by atoms with E-state index in [1.54, 1.807) is 0 Å². The average molecular weight is 274 g/mol. The molecule has 0 aromatic carbocycles. The minimum absolute atomic E-state index is 0.369. The van der Waals surface area contributed by atoms with E-state index in [-0.39, 0.29) is 4.83 Å². The molecule has 0 rings (SSSR count). The molecule has 0 radical (unpaired) electrons. The van der Waals surface area contributed by atoms with Crippen LogP contribution in [0.25, 0.3) is 0 Å². The maximum Gasteiger partial charge on any atom is 0.317 e. The van der Waals surface area contributed by atoms with Gasteiger partial charge in [-0.1, -0.05) is 38.3 Å². The van der Waals surface area contributed by atoms with Crippen LogP contribution in [0.1, 0.15) is 19.3 Å². The first-order valence-corrected chi connectivity index (χ1v) is 5.15. The van der Waals surface area contributed by atoms with Gasteiger partial charge >= 0.3 is 5.97 Å². The van der Waals surface area contributed by atoms with Crippen LogP contribution in [0.3, 0.4) is 0 Å². The van der Waals surface area contributed by atoms with Crippen LogP contribution in [-0.2, 0) is 4.79 Å². The quantitative estimate of drug-likeness (QED) is 0.617. The maximum absolute atomic E-state index is 10.2. The third-order valence-corrected chi connectivity index (χ3v) is 2.52. The molecule has 0 amide bonds. The SMILES string of the molecule is O=C(O)[C@@H](Br)CCCCBr. The maximum atomic E-state index is 10.2. The normalized spacial score (nSPS) is 13.0. The molecule has 0 aromatic heterocycles. The lowest BCUT2D eigenvalue weighted by molar-refractivity contribution is -0.136. The van der Waals surface area contributed by atoms with E-state index in [1.165, 1.54) is 0 Å². The number of aliphatic carboxylic acids is 1. The van der Waals surface area contributed by atoms with Gasteiger partial charge in [0.15, 0.2) is 0 Å². The van der Waals surface area contributed by atoms with Crippen molar-refractivity contribution in [2.24, 2.45) is 0 Å². The highest BCUT2D eigenvalue weighted by atomic mass is 79.9. The standard InChI is InChI=1S/C6H10Br2O2/c7-4-2-1-3-5(8)6(9)10/h5H,1-4H2,(H,9,10)/t5-/m0/s1. The number of alkyl halides is 2. The summed E-state index contributed by atoms with van der Waals surface area (Å²) in [7, 11) is 0. The number of carboxylic acids is 1. The first-order chi connectivity index (χ1) is 4.68. The molecule has 1 atom stereocenters. The molecular formula is C6H10Br2O2. The van der Waals surface area contributed by atoms with Gasteiger partial charge in [0.25, 0.3) is 0 Å². The lowest BCUT2D eigenvalue weighted by Gasteiger charge is -2.01. The monoisotopic (exact) mass is 272 g/mol. The van der Waals surface area contributed by atoms with E-state index in [0.717, 1.165) is 18.2 Å². The van der Waals surface area contributed by atoms with Crippen LogP contribution in [0.15, 0.2) is 0 Å².